The van der Waals surface area contributed by atoms with Crippen molar-refractivity contribution >= 4 is 21.9 Å². The fourth-order valence-corrected chi connectivity index (χ4v) is 4.83. The van der Waals surface area contributed by atoms with Crippen LogP contribution >= 0.6 is 0 Å². The van der Waals surface area contributed by atoms with E-state index in [1.165, 1.54) is 18.4 Å². The molecule has 1 amide bonds. The standard InChI is InChI=1S/C20H31N5O4S/c1-21-20(22-15-16-7-4-5-9-18(16)30(27,28)23(2)3)25-12-10-24(11-13-25)19(26)17-8-6-14-29-17/h4-5,7,9,17H,6,8,10-15H2,1-3H3,(H,21,22). The van der Waals surface area contributed by atoms with E-state index in [0.717, 1.165) is 12.8 Å². The molecule has 1 unspecified atom stereocenters. The molecular weight excluding hydrogens is 406 g/mol. The molecule has 10 heteroatoms. The first-order chi connectivity index (χ1) is 14.3. The molecule has 2 saturated heterocycles. The Balaban J connectivity index is 1.60. The number of nitrogens with one attached hydrogen (secondary N) is 1. The van der Waals surface area contributed by atoms with Gasteiger partial charge in [-0.05, 0) is 24.5 Å². The molecule has 2 heterocycles. The Kier molecular flexibility index (Phi) is 7.32. The Labute approximate surface area is 178 Å². The van der Waals surface area contributed by atoms with E-state index in [2.05, 4.69) is 15.2 Å². The lowest BCUT2D eigenvalue weighted by atomic mass is 10.2. The molecule has 30 heavy (non-hydrogen) atoms. The highest BCUT2D eigenvalue weighted by atomic mass is 32.2. The summed E-state index contributed by atoms with van der Waals surface area (Å²) in [6.07, 6.45) is 1.46. The minimum Gasteiger partial charge on any atom is -0.368 e. The molecule has 1 N–H and O–H groups in total. The van der Waals surface area contributed by atoms with Gasteiger partial charge in [-0.15, -0.1) is 0 Å². The lowest BCUT2D eigenvalue weighted by Gasteiger charge is -2.37. The molecule has 0 aromatic heterocycles. The van der Waals surface area contributed by atoms with E-state index in [1.807, 2.05) is 11.0 Å². The number of guanidine groups is 1. The lowest BCUT2D eigenvalue weighted by molar-refractivity contribution is -0.142. The summed E-state index contributed by atoms with van der Waals surface area (Å²) in [5.74, 6) is 0.772. The highest BCUT2D eigenvalue weighted by molar-refractivity contribution is 7.89. The van der Waals surface area contributed by atoms with Crippen molar-refractivity contribution in [3.63, 3.8) is 0 Å². The number of benzene rings is 1. The van der Waals surface area contributed by atoms with E-state index in [9.17, 15) is 13.2 Å². The molecule has 9 nitrogen and oxygen atoms in total. The Morgan fingerprint density at radius 3 is 2.47 bits per heavy atom. The largest absolute Gasteiger partial charge is 0.368 e. The van der Waals surface area contributed by atoms with Gasteiger partial charge in [0.1, 0.15) is 6.10 Å². The number of amides is 1. The SMILES string of the molecule is CN=C(NCc1ccccc1S(=O)(=O)N(C)C)N1CCN(C(=O)C2CCCO2)CC1. The maximum absolute atomic E-state index is 12.6. The van der Waals surface area contributed by atoms with Crippen molar-refractivity contribution in [3.05, 3.63) is 29.8 Å². The number of rotatable bonds is 5. The van der Waals surface area contributed by atoms with E-state index in [0.29, 0.717) is 50.9 Å². The summed E-state index contributed by atoms with van der Waals surface area (Å²) in [6, 6.07) is 6.96. The number of sulfonamides is 1. The van der Waals surface area contributed by atoms with Gasteiger partial charge in [-0.3, -0.25) is 9.79 Å². The van der Waals surface area contributed by atoms with E-state index in [4.69, 9.17) is 4.74 Å². The molecule has 2 fully saturated rings. The summed E-state index contributed by atoms with van der Waals surface area (Å²) < 4.78 is 31.9. The summed E-state index contributed by atoms with van der Waals surface area (Å²) in [7, 11) is 1.22. The van der Waals surface area contributed by atoms with E-state index in [-0.39, 0.29) is 16.9 Å². The minimum atomic E-state index is -3.53. The number of ether oxygens (including phenoxy) is 1. The van der Waals surface area contributed by atoms with Crippen molar-refractivity contribution in [1.82, 2.24) is 19.4 Å². The zero-order valence-corrected chi connectivity index (χ0v) is 18.7. The van der Waals surface area contributed by atoms with Crippen LogP contribution in [-0.4, -0.2) is 94.4 Å². The normalized spacial score (nSPS) is 20.7. The van der Waals surface area contributed by atoms with Crippen molar-refractivity contribution in [3.8, 4) is 0 Å². The topological polar surface area (TPSA) is 94.5 Å². The van der Waals surface area contributed by atoms with Crippen LogP contribution < -0.4 is 5.32 Å². The molecule has 0 spiro atoms. The molecule has 2 aliphatic rings. The number of hydrogen-bond donors (Lipinski definition) is 1. The van der Waals surface area contributed by atoms with Crippen molar-refractivity contribution in [2.45, 2.75) is 30.4 Å². The molecule has 3 rings (SSSR count). The van der Waals surface area contributed by atoms with Crippen LogP contribution in [0.15, 0.2) is 34.2 Å². The van der Waals surface area contributed by atoms with Crippen LogP contribution in [0.4, 0.5) is 0 Å². The number of piperazine rings is 1. The second-order valence-electron chi connectivity index (χ2n) is 7.61. The molecule has 0 bridgehead atoms. The van der Waals surface area contributed by atoms with Gasteiger partial charge in [-0.25, -0.2) is 12.7 Å². The number of carbonyl (C=O) groups excluding carboxylic acids is 1. The van der Waals surface area contributed by atoms with Gasteiger partial charge >= 0.3 is 0 Å². The third-order valence-corrected chi connectivity index (χ3v) is 7.39. The molecular formula is C20H31N5O4S. The Morgan fingerprint density at radius 1 is 1.20 bits per heavy atom. The summed E-state index contributed by atoms with van der Waals surface area (Å²) in [4.78, 5) is 21.1. The van der Waals surface area contributed by atoms with E-state index >= 15 is 0 Å². The number of aliphatic imine (C=N–C) groups is 1. The van der Waals surface area contributed by atoms with Crippen molar-refractivity contribution in [1.29, 1.82) is 0 Å². The first kappa shape index (κ1) is 22.5. The van der Waals surface area contributed by atoms with Crippen LogP contribution in [0.1, 0.15) is 18.4 Å². The first-order valence-electron chi connectivity index (χ1n) is 10.2. The van der Waals surface area contributed by atoms with E-state index < -0.39 is 10.0 Å². The van der Waals surface area contributed by atoms with Gasteiger partial charge in [0.25, 0.3) is 5.91 Å². The lowest BCUT2D eigenvalue weighted by Crippen LogP contribution is -2.55. The summed E-state index contributed by atoms with van der Waals surface area (Å²) in [5, 5.41) is 3.27. The molecule has 1 aromatic carbocycles. The van der Waals surface area contributed by atoms with Crippen LogP contribution in [0.2, 0.25) is 0 Å². The van der Waals surface area contributed by atoms with Crippen LogP contribution in [0, 0.1) is 0 Å². The third-order valence-electron chi connectivity index (χ3n) is 5.48. The molecule has 0 radical (unpaired) electrons. The quantitative estimate of drug-likeness (QED) is 0.527. The zero-order chi connectivity index (χ0) is 21.7. The van der Waals surface area contributed by atoms with Crippen LogP contribution in [0.3, 0.4) is 0 Å². The second-order valence-corrected chi connectivity index (χ2v) is 9.73. The third kappa shape index (κ3) is 4.93. The summed E-state index contributed by atoms with van der Waals surface area (Å²) in [6.45, 7) is 3.56. The zero-order valence-electron chi connectivity index (χ0n) is 17.9. The fraction of sp³-hybridized carbons (Fsp3) is 0.600. The maximum atomic E-state index is 12.6. The Morgan fingerprint density at radius 2 is 1.87 bits per heavy atom. The monoisotopic (exact) mass is 437 g/mol. The van der Waals surface area contributed by atoms with E-state index in [1.54, 1.807) is 25.2 Å². The predicted octanol–water partition coefficient (Wildman–Crippen LogP) is 0.336. The summed E-state index contributed by atoms with van der Waals surface area (Å²) in [5.41, 5.74) is 0.680. The van der Waals surface area contributed by atoms with Gasteiger partial charge in [-0.2, -0.15) is 0 Å². The number of nitrogens with zero attached hydrogens (tertiary/aromatic N) is 4. The van der Waals surface area contributed by atoms with Gasteiger partial charge in [0.2, 0.25) is 10.0 Å². The predicted molar refractivity (Wildman–Crippen MR) is 115 cm³/mol. The average molecular weight is 438 g/mol. The second kappa shape index (κ2) is 9.76. The first-order valence-corrected chi connectivity index (χ1v) is 11.6. The molecule has 1 atom stereocenters. The van der Waals surface area contributed by atoms with Crippen LogP contribution in [0.5, 0.6) is 0 Å². The Bertz CT molecular complexity index is 873. The van der Waals surface area contributed by atoms with Gasteiger partial charge < -0.3 is 19.9 Å². The van der Waals surface area contributed by atoms with Crippen molar-refractivity contribution in [2.75, 3.05) is 53.9 Å². The smallest absolute Gasteiger partial charge is 0.251 e. The average Bonchev–Trinajstić information content (AvgIpc) is 3.29. The fourth-order valence-electron chi connectivity index (χ4n) is 3.72. The van der Waals surface area contributed by atoms with Gasteiger partial charge in [-0.1, -0.05) is 18.2 Å². The summed E-state index contributed by atoms with van der Waals surface area (Å²) >= 11 is 0. The van der Waals surface area contributed by atoms with Gasteiger partial charge in [0.15, 0.2) is 5.96 Å². The molecule has 0 saturated carbocycles. The minimum absolute atomic E-state index is 0.0814. The molecule has 0 aliphatic carbocycles. The number of hydrogen-bond acceptors (Lipinski definition) is 5. The van der Waals surface area contributed by atoms with Gasteiger partial charge in [0.05, 0.1) is 4.90 Å². The molecule has 166 valence electrons. The number of carbonyl (C=O) groups is 1. The molecule has 1 aromatic rings. The van der Waals surface area contributed by atoms with Crippen LogP contribution in [-0.2, 0) is 26.1 Å². The maximum Gasteiger partial charge on any atom is 0.251 e. The Hall–Kier alpha value is -2.17. The molecule has 2 aliphatic heterocycles. The highest BCUT2D eigenvalue weighted by Gasteiger charge is 2.31. The van der Waals surface area contributed by atoms with Crippen molar-refractivity contribution < 1.29 is 17.9 Å². The van der Waals surface area contributed by atoms with Crippen molar-refractivity contribution in [2.24, 2.45) is 4.99 Å². The van der Waals surface area contributed by atoms with Gasteiger partial charge in [0, 0.05) is 60.5 Å². The van der Waals surface area contributed by atoms with Crippen LogP contribution in [0.25, 0.3) is 0 Å². The highest BCUT2D eigenvalue weighted by Crippen LogP contribution is 2.19.